The SMILES string of the molecule is CS(=O)(=O)N1CCC[C@]12CCCN(Cc1ccncc1)C2. The maximum absolute atomic E-state index is 12.1. The van der Waals surface area contributed by atoms with Crippen LogP contribution in [0.15, 0.2) is 24.5 Å². The second kappa shape index (κ2) is 5.66. The quantitative estimate of drug-likeness (QED) is 0.848. The van der Waals surface area contributed by atoms with E-state index in [2.05, 4.69) is 9.88 Å². The summed E-state index contributed by atoms with van der Waals surface area (Å²) in [7, 11) is -3.11. The summed E-state index contributed by atoms with van der Waals surface area (Å²) in [6.45, 7) is 3.45. The number of pyridine rings is 1. The van der Waals surface area contributed by atoms with Gasteiger partial charge in [-0.2, -0.15) is 4.31 Å². The van der Waals surface area contributed by atoms with Gasteiger partial charge in [-0.05, 0) is 49.9 Å². The van der Waals surface area contributed by atoms with Gasteiger partial charge in [0.05, 0.1) is 6.26 Å². The van der Waals surface area contributed by atoms with Crippen LogP contribution in [0.4, 0.5) is 0 Å². The number of hydrogen-bond donors (Lipinski definition) is 0. The van der Waals surface area contributed by atoms with Gasteiger partial charge in [-0.3, -0.25) is 9.88 Å². The average molecular weight is 309 g/mol. The van der Waals surface area contributed by atoms with Crippen molar-refractivity contribution in [3.63, 3.8) is 0 Å². The largest absolute Gasteiger partial charge is 0.297 e. The Balaban J connectivity index is 1.76. The molecule has 6 heteroatoms. The first-order valence-electron chi connectivity index (χ1n) is 7.59. The smallest absolute Gasteiger partial charge is 0.211 e. The molecule has 2 fully saturated rings. The van der Waals surface area contributed by atoms with Crippen LogP contribution in [0.25, 0.3) is 0 Å². The number of nitrogens with zero attached hydrogens (tertiary/aromatic N) is 3. The molecule has 2 saturated heterocycles. The van der Waals surface area contributed by atoms with E-state index in [-0.39, 0.29) is 5.54 Å². The molecule has 2 aliphatic heterocycles. The molecule has 0 amide bonds. The summed E-state index contributed by atoms with van der Waals surface area (Å²) in [5.74, 6) is 0. The lowest BCUT2D eigenvalue weighted by Gasteiger charge is -2.45. The van der Waals surface area contributed by atoms with Crippen molar-refractivity contribution in [2.75, 3.05) is 25.9 Å². The molecule has 0 N–H and O–H groups in total. The first kappa shape index (κ1) is 14.9. The van der Waals surface area contributed by atoms with Crippen LogP contribution in [0.3, 0.4) is 0 Å². The van der Waals surface area contributed by atoms with Crippen LogP contribution < -0.4 is 0 Å². The third-order valence-corrected chi connectivity index (χ3v) is 6.09. The fourth-order valence-corrected chi connectivity index (χ4v) is 5.33. The first-order valence-corrected chi connectivity index (χ1v) is 9.44. The van der Waals surface area contributed by atoms with E-state index in [4.69, 9.17) is 0 Å². The highest BCUT2D eigenvalue weighted by Crippen LogP contribution is 2.39. The summed E-state index contributed by atoms with van der Waals surface area (Å²) >= 11 is 0. The number of sulfonamides is 1. The highest BCUT2D eigenvalue weighted by atomic mass is 32.2. The fourth-order valence-electron chi connectivity index (χ4n) is 3.93. The number of hydrogen-bond acceptors (Lipinski definition) is 4. The minimum atomic E-state index is -3.11. The van der Waals surface area contributed by atoms with E-state index in [0.717, 1.165) is 45.3 Å². The standard InChI is InChI=1S/C15H23N3O2S/c1-21(19,20)18-11-3-7-15(18)6-2-10-17(13-15)12-14-4-8-16-9-5-14/h4-5,8-9H,2-3,6-7,10-13H2,1H3/t15-/m0/s1. The third-order valence-electron chi connectivity index (χ3n) is 4.72. The maximum atomic E-state index is 12.1. The molecular weight excluding hydrogens is 286 g/mol. The molecule has 2 aliphatic rings. The number of aromatic nitrogens is 1. The van der Waals surface area contributed by atoms with Crippen LogP contribution in [0.1, 0.15) is 31.2 Å². The summed E-state index contributed by atoms with van der Waals surface area (Å²) < 4.78 is 25.9. The Morgan fingerprint density at radius 1 is 1.19 bits per heavy atom. The van der Waals surface area contributed by atoms with E-state index >= 15 is 0 Å². The zero-order chi connectivity index (χ0) is 14.9. The predicted octanol–water partition coefficient (Wildman–Crippen LogP) is 1.47. The van der Waals surface area contributed by atoms with Crippen LogP contribution in [-0.2, 0) is 16.6 Å². The van der Waals surface area contributed by atoms with Gasteiger partial charge in [-0.1, -0.05) is 0 Å². The zero-order valence-corrected chi connectivity index (χ0v) is 13.3. The Labute approximate surface area is 127 Å². The number of likely N-dealkylation sites (tertiary alicyclic amines) is 1. The van der Waals surface area contributed by atoms with Crippen molar-refractivity contribution in [1.29, 1.82) is 0 Å². The second-order valence-electron chi connectivity index (χ2n) is 6.33. The Bertz CT molecular complexity index is 590. The van der Waals surface area contributed by atoms with E-state index in [9.17, 15) is 8.42 Å². The topological polar surface area (TPSA) is 53.5 Å². The van der Waals surface area contributed by atoms with E-state index in [1.807, 2.05) is 24.5 Å². The highest BCUT2D eigenvalue weighted by molar-refractivity contribution is 7.88. The molecule has 5 nitrogen and oxygen atoms in total. The highest BCUT2D eigenvalue weighted by Gasteiger charge is 2.47. The van der Waals surface area contributed by atoms with Crippen molar-refractivity contribution >= 4 is 10.0 Å². The number of rotatable bonds is 3. The molecule has 3 heterocycles. The van der Waals surface area contributed by atoms with Gasteiger partial charge in [0, 0.05) is 37.6 Å². The third kappa shape index (κ3) is 3.12. The van der Waals surface area contributed by atoms with Crippen molar-refractivity contribution < 1.29 is 8.42 Å². The van der Waals surface area contributed by atoms with Gasteiger partial charge in [-0.25, -0.2) is 8.42 Å². The Morgan fingerprint density at radius 2 is 1.86 bits per heavy atom. The predicted molar refractivity (Wildman–Crippen MR) is 82.3 cm³/mol. The van der Waals surface area contributed by atoms with Gasteiger partial charge < -0.3 is 0 Å². The van der Waals surface area contributed by atoms with Gasteiger partial charge in [-0.15, -0.1) is 0 Å². The lowest BCUT2D eigenvalue weighted by molar-refractivity contribution is 0.0841. The Kier molecular flexibility index (Phi) is 4.03. The normalized spacial score (nSPS) is 28.2. The van der Waals surface area contributed by atoms with E-state index in [0.29, 0.717) is 6.54 Å². The lowest BCUT2D eigenvalue weighted by atomic mass is 9.87. The van der Waals surface area contributed by atoms with Crippen molar-refractivity contribution in [3.05, 3.63) is 30.1 Å². The minimum Gasteiger partial charge on any atom is -0.297 e. The van der Waals surface area contributed by atoms with Gasteiger partial charge >= 0.3 is 0 Å². The van der Waals surface area contributed by atoms with E-state index in [1.165, 1.54) is 11.8 Å². The molecule has 0 aliphatic carbocycles. The molecule has 0 saturated carbocycles. The van der Waals surface area contributed by atoms with Crippen LogP contribution >= 0.6 is 0 Å². The molecule has 1 aromatic heterocycles. The molecule has 21 heavy (non-hydrogen) atoms. The molecule has 0 bridgehead atoms. The molecule has 1 atom stereocenters. The van der Waals surface area contributed by atoms with Gasteiger partial charge in [0.2, 0.25) is 10.0 Å². The molecule has 0 radical (unpaired) electrons. The maximum Gasteiger partial charge on any atom is 0.211 e. The van der Waals surface area contributed by atoms with Crippen molar-refractivity contribution in [2.45, 2.75) is 37.8 Å². The summed E-state index contributed by atoms with van der Waals surface area (Å²) in [5.41, 5.74) is 1.07. The zero-order valence-electron chi connectivity index (χ0n) is 12.5. The average Bonchev–Trinajstić information content (AvgIpc) is 2.83. The molecule has 1 aromatic rings. The first-order chi connectivity index (χ1) is 10.00. The van der Waals surface area contributed by atoms with Crippen LogP contribution in [0.5, 0.6) is 0 Å². The van der Waals surface area contributed by atoms with Crippen molar-refractivity contribution in [2.24, 2.45) is 0 Å². The van der Waals surface area contributed by atoms with E-state index in [1.54, 1.807) is 4.31 Å². The molecule has 0 unspecified atom stereocenters. The monoisotopic (exact) mass is 309 g/mol. The Hall–Kier alpha value is -0.980. The summed E-state index contributed by atoms with van der Waals surface area (Å²) in [5, 5.41) is 0. The second-order valence-corrected chi connectivity index (χ2v) is 8.24. The van der Waals surface area contributed by atoms with Crippen LogP contribution in [0, 0.1) is 0 Å². The fraction of sp³-hybridized carbons (Fsp3) is 0.667. The van der Waals surface area contributed by atoms with Gasteiger partial charge in [0.1, 0.15) is 0 Å². The van der Waals surface area contributed by atoms with Crippen molar-refractivity contribution in [1.82, 2.24) is 14.2 Å². The molecule has 3 rings (SSSR count). The van der Waals surface area contributed by atoms with Gasteiger partial charge in [0.25, 0.3) is 0 Å². The Morgan fingerprint density at radius 3 is 2.52 bits per heavy atom. The lowest BCUT2D eigenvalue weighted by Crippen LogP contribution is -2.56. The minimum absolute atomic E-state index is 0.168. The summed E-state index contributed by atoms with van der Waals surface area (Å²) in [4.78, 5) is 6.44. The molecule has 0 aromatic carbocycles. The van der Waals surface area contributed by atoms with E-state index < -0.39 is 10.0 Å². The summed E-state index contributed by atoms with van der Waals surface area (Å²) in [6, 6.07) is 4.06. The molecule has 116 valence electrons. The van der Waals surface area contributed by atoms with Crippen LogP contribution in [0.2, 0.25) is 0 Å². The molecular formula is C15H23N3O2S. The number of piperidine rings is 1. The summed E-state index contributed by atoms with van der Waals surface area (Å²) in [6.07, 6.45) is 9.01. The van der Waals surface area contributed by atoms with Crippen LogP contribution in [-0.4, -0.2) is 54.0 Å². The molecule has 1 spiro atoms. The van der Waals surface area contributed by atoms with Crippen molar-refractivity contribution in [3.8, 4) is 0 Å². The van der Waals surface area contributed by atoms with Gasteiger partial charge in [0.15, 0.2) is 0 Å².